The fourth-order valence-electron chi connectivity index (χ4n) is 1.82. The van der Waals surface area contributed by atoms with Crippen LogP contribution in [-0.2, 0) is 15.9 Å². The molecule has 2 rings (SSSR count). The van der Waals surface area contributed by atoms with Gasteiger partial charge in [-0.25, -0.2) is 0 Å². The third-order valence-electron chi connectivity index (χ3n) is 2.64. The van der Waals surface area contributed by atoms with Crippen molar-refractivity contribution in [2.75, 3.05) is 13.2 Å². The fourth-order valence-corrected chi connectivity index (χ4v) is 1.82. The Kier molecular flexibility index (Phi) is 3.17. The van der Waals surface area contributed by atoms with E-state index in [-0.39, 0.29) is 16.9 Å². The lowest BCUT2D eigenvalue weighted by Gasteiger charge is -2.11. The lowest BCUT2D eigenvalue weighted by molar-refractivity contribution is -0.385. The van der Waals surface area contributed by atoms with E-state index in [9.17, 15) is 10.1 Å². The number of benzene rings is 1. The van der Waals surface area contributed by atoms with Gasteiger partial charge >= 0.3 is 0 Å². The molecule has 1 aliphatic rings. The molecule has 86 valence electrons. The molecule has 1 aromatic rings. The van der Waals surface area contributed by atoms with Crippen LogP contribution in [0.4, 0.5) is 5.69 Å². The first kappa shape index (κ1) is 11.0. The van der Waals surface area contributed by atoms with E-state index in [0.717, 1.165) is 5.56 Å². The summed E-state index contributed by atoms with van der Waals surface area (Å²) >= 11 is 0. The summed E-state index contributed by atoms with van der Waals surface area (Å²) in [6.45, 7) is 2.98. The summed E-state index contributed by atoms with van der Waals surface area (Å²) in [7, 11) is 0. The summed E-state index contributed by atoms with van der Waals surface area (Å²) in [5.74, 6) is 0. The quantitative estimate of drug-likeness (QED) is 0.579. The van der Waals surface area contributed by atoms with E-state index < -0.39 is 0 Å². The lowest BCUT2D eigenvalue weighted by Crippen LogP contribution is -2.13. The van der Waals surface area contributed by atoms with E-state index in [1.54, 1.807) is 6.07 Å². The number of nitrogens with zero attached hydrogens (tertiary/aromatic N) is 1. The maximum atomic E-state index is 10.9. The van der Waals surface area contributed by atoms with Crippen LogP contribution in [0, 0.1) is 17.0 Å². The highest BCUT2D eigenvalue weighted by molar-refractivity contribution is 5.45. The van der Waals surface area contributed by atoms with Crippen LogP contribution in [0.3, 0.4) is 0 Å². The number of nitro groups is 1. The number of hydrogen-bond donors (Lipinski definition) is 0. The fraction of sp³-hybridized carbons (Fsp3) is 0.455. The van der Waals surface area contributed by atoms with Crippen LogP contribution in [-0.4, -0.2) is 24.4 Å². The molecule has 0 amide bonds. The van der Waals surface area contributed by atoms with Crippen LogP contribution in [0.1, 0.15) is 11.1 Å². The Bertz CT molecular complexity index is 399. The van der Waals surface area contributed by atoms with Crippen molar-refractivity contribution >= 4 is 5.69 Å². The number of hydrogen-bond acceptors (Lipinski definition) is 4. The highest BCUT2D eigenvalue weighted by Crippen LogP contribution is 2.25. The molecule has 1 heterocycles. The van der Waals surface area contributed by atoms with Crippen LogP contribution >= 0.6 is 0 Å². The molecular weight excluding hydrogens is 210 g/mol. The van der Waals surface area contributed by atoms with Crippen LogP contribution in [0.15, 0.2) is 18.2 Å². The highest BCUT2D eigenvalue weighted by atomic mass is 16.7. The van der Waals surface area contributed by atoms with Gasteiger partial charge in [-0.2, -0.15) is 0 Å². The molecule has 0 aliphatic carbocycles. The second-order valence-corrected chi connectivity index (χ2v) is 3.70. The average Bonchev–Trinajstić information content (AvgIpc) is 2.73. The molecule has 1 fully saturated rings. The van der Waals surface area contributed by atoms with Gasteiger partial charge in [-0.15, -0.1) is 0 Å². The van der Waals surface area contributed by atoms with Gasteiger partial charge < -0.3 is 9.47 Å². The minimum Gasteiger partial charge on any atom is -0.350 e. The maximum Gasteiger partial charge on any atom is 0.273 e. The molecule has 0 saturated carbocycles. The second kappa shape index (κ2) is 4.59. The van der Waals surface area contributed by atoms with Gasteiger partial charge in [0.05, 0.1) is 18.1 Å². The van der Waals surface area contributed by atoms with Crippen LogP contribution in [0.2, 0.25) is 0 Å². The first-order chi connectivity index (χ1) is 7.68. The highest BCUT2D eigenvalue weighted by Gasteiger charge is 2.23. The molecule has 1 aromatic carbocycles. The zero-order chi connectivity index (χ0) is 11.5. The Hall–Kier alpha value is -1.46. The summed E-state index contributed by atoms with van der Waals surface area (Å²) in [6.07, 6.45) is 0.0861. The Morgan fingerprint density at radius 1 is 1.44 bits per heavy atom. The summed E-state index contributed by atoms with van der Waals surface area (Å²) in [4.78, 5) is 10.5. The normalized spacial score (nSPS) is 16.6. The predicted molar refractivity (Wildman–Crippen MR) is 57.2 cm³/mol. The second-order valence-electron chi connectivity index (χ2n) is 3.70. The molecule has 0 aromatic heterocycles. The van der Waals surface area contributed by atoms with Crippen molar-refractivity contribution in [1.82, 2.24) is 0 Å². The molecule has 5 heteroatoms. The van der Waals surface area contributed by atoms with Crippen LogP contribution < -0.4 is 0 Å². The van der Waals surface area contributed by atoms with Gasteiger partial charge in [-0.3, -0.25) is 10.1 Å². The molecule has 1 aliphatic heterocycles. The zero-order valence-corrected chi connectivity index (χ0v) is 9.01. The molecule has 0 atom stereocenters. The number of aryl methyl sites for hydroxylation is 1. The van der Waals surface area contributed by atoms with Crippen molar-refractivity contribution in [2.45, 2.75) is 19.6 Å². The standard InChI is InChI=1S/C11H13NO4/c1-8-3-2-4-10(12(13)14)9(8)7-11-15-5-6-16-11/h2-4,11H,5-7H2,1H3. The van der Waals surface area contributed by atoms with E-state index >= 15 is 0 Å². The van der Waals surface area contributed by atoms with Gasteiger partial charge in [0.2, 0.25) is 0 Å². The third-order valence-corrected chi connectivity index (χ3v) is 2.64. The zero-order valence-electron chi connectivity index (χ0n) is 9.01. The monoisotopic (exact) mass is 223 g/mol. The van der Waals surface area contributed by atoms with E-state index in [1.165, 1.54) is 6.07 Å². The van der Waals surface area contributed by atoms with Crippen molar-refractivity contribution in [1.29, 1.82) is 0 Å². The molecule has 1 saturated heterocycles. The largest absolute Gasteiger partial charge is 0.350 e. The first-order valence-corrected chi connectivity index (χ1v) is 5.14. The Labute approximate surface area is 93.1 Å². The maximum absolute atomic E-state index is 10.9. The molecular formula is C11H13NO4. The van der Waals surface area contributed by atoms with Gasteiger partial charge in [-0.1, -0.05) is 12.1 Å². The first-order valence-electron chi connectivity index (χ1n) is 5.14. The van der Waals surface area contributed by atoms with E-state index in [1.807, 2.05) is 13.0 Å². The Morgan fingerprint density at radius 2 is 2.12 bits per heavy atom. The van der Waals surface area contributed by atoms with E-state index in [2.05, 4.69) is 0 Å². The molecule has 0 bridgehead atoms. The summed E-state index contributed by atoms with van der Waals surface area (Å²) in [5.41, 5.74) is 1.73. The van der Waals surface area contributed by atoms with Crippen molar-refractivity contribution < 1.29 is 14.4 Å². The smallest absolute Gasteiger partial charge is 0.273 e. The molecule has 0 unspecified atom stereocenters. The van der Waals surface area contributed by atoms with Crippen molar-refractivity contribution in [3.8, 4) is 0 Å². The van der Waals surface area contributed by atoms with Gasteiger partial charge in [0.15, 0.2) is 6.29 Å². The topological polar surface area (TPSA) is 61.6 Å². The van der Waals surface area contributed by atoms with Gasteiger partial charge in [0, 0.05) is 18.1 Å². The van der Waals surface area contributed by atoms with Gasteiger partial charge in [0.25, 0.3) is 5.69 Å². The minimum atomic E-state index is -0.364. The minimum absolute atomic E-state index is 0.138. The van der Waals surface area contributed by atoms with Gasteiger partial charge in [-0.05, 0) is 12.5 Å². The Balaban J connectivity index is 2.26. The average molecular weight is 223 g/mol. The van der Waals surface area contributed by atoms with E-state index in [4.69, 9.17) is 9.47 Å². The van der Waals surface area contributed by atoms with Crippen LogP contribution in [0.5, 0.6) is 0 Å². The number of rotatable bonds is 3. The summed E-state index contributed by atoms with van der Waals surface area (Å²) < 4.78 is 10.6. The van der Waals surface area contributed by atoms with Crippen molar-refractivity contribution in [3.63, 3.8) is 0 Å². The van der Waals surface area contributed by atoms with Crippen molar-refractivity contribution in [2.24, 2.45) is 0 Å². The molecule has 16 heavy (non-hydrogen) atoms. The molecule has 0 N–H and O–H groups in total. The lowest BCUT2D eigenvalue weighted by atomic mass is 10.0. The molecule has 0 spiro atoms. The third kappa shape index (κ3) is 2.20. The summed E-state index contributed by atoms with van der Waals surface area (Å²) in [6, 6.07) is 5.06. The van der Waals surface area contributed by atoms with Gasteiger partial charge in [0.1, 0.15) is 0 Å². The number of nitro benzene ring substituents is 1. The number of ether oxygens (including phenoxy) is 2. The van der Waals surface area contributed by atoms with Crippen molar-refractivity contribution in [3.05, 3.63) is 39.4 Å². The summed E-state index contributed by atoms with van der Waals surface area (Å²) in [5, 5.41) is 10.9. The molecule has 0 radical (unpaired) electrons. The SMILES string of the molecule is Cc1cccc([N+](=O)[O-])c1CC1OCCO1. The molecule has 5 nitrogen and oxygen atoms in total. The Morgan fingerprint density at radius 3 is 2.75 bits per heavy atom. The predicted octanol–water partition coefficient (Wildman–Crippen LogP) is 1.82. The van der Waals surface area contributed by atoms with E-state index in [0.29, 0.717) is 25.2 Å². The van der Waals surface area contributed by atoms with Crippen LogP contribution in [0.25, 0.3) is 0 Å².